The van der Waals surface area contributed by atoms with Crippen molar-refractivity contribution < 1.29 is 0 Å². The third kappa shape index (κ3) is 3.51. The lowest BCUT2D eigenvalue weighted by atomic mass is 9.88. The number of nitrogens with two attached hydrogens (primary N) is 1. The van der Waals surface area contributed by atoms with E-state index in [0.717, 1.165) is 12.2 Å². The lowest BCUT2D eigenvalue weighted by Crippen LogP contribution is -2.43. The van der Waals surface area contributed by atoms with Crippen LogP contribution in [0.2, 0.25) is 0 Å². The first-order chi connectivity index (χ1) is 7.97. The summed E-state index contributed by atoms with van der Waals surface area (Å²) in [7, 11) is 0. The molecule has 1 aromatic heterocycles. The van der Waals surface area contributed by atoms with Gasteiger partial charge in [0.2, 0.25) is 0 Å². The lowest BCUT2D eigenvalue weighted by Gasteiger charge is -2.26. The molecule has 2 unspecified atom stereocenters. The van der Waals surface area contributed by atoms with E-state index in [1.807, 2.05) is 4.68 Å². The van der Waals surface area contributed by atoms with Crippen LogP contribution in [0.1, 0.15) is 46.5 Å². The van der Waals surface area contributed by atoms with Crippen molar-refractivity contribution in [3.8, 4) is 0 Å². The molecule has 0 amide bonds. The van der Waals surface area contributed by atoms with E-state index in [-0.39, 0.29) is 6.04 Å². The summed E-state index contributed by atoms with van der Waals surface area (Å²) in [4.78, 5) is 4.32. The Labute approximate surface area is 104 Å². The maximum absolute atomic E-state index is 5.65. The molecule has 0 aliphatic carbocycles. The Morgan fingerprint density at radius 2 is 1.94 bits per heavy atom. The zero-order chi connectivity index (χ0) is 13.0. The second-order valence-corrected chi connectivity index (χ2v) is 5.30. The van der Waals surface area contributed by atoms with Crippen molar-refractivity contribution in [3.05, 3.63) is 12.2 Å². The summed E-state index contributed by atoms with van der Waals surface area (Å²) >= 11 is 0. The molecule has 1 aromatic rings. The first kappa shape index (κ1) is 14.1. The number of rotatable bonds is 6. The van der Waals surface area contributed by atoms with Crippen molar-refractivity contribution in [2.75, 3.05) is 0 Å². The van der Waals surface area contributed by atoms with Crippen molar-refractivity contribution in [2.45, 2.75) is 53.1 Å². The van der Waals surface area contributed by atoms with E-state index in [4.69, 9.17) is 5.84 Å². The van der Waals surface area contributed by atoms with E-state index in [0.29, 0.717) is 17.9 Å². The molecule has 5 heteroatoms. The summed E-state index contributed by atoms with van der Waals surface area (Å²) in [6.45, 7) is 10.8. The van der Waals surface area contributed by atoms with Crippen molar-refractivity contribution in [3.63, 3.8) is 0 Å². The first-order valence-corrected chi connectivity index (χ1v) is 6.31. The number of hydrazine groups is 1. The standard InChI is InChI=1S/C12H25N5/c1-8(2)10(5)11(16-13)6-12-14-7-15-17(12)9(3)4/h7-11,16H,6,13H2,1-5H3. The van der Waals surface area contributed by atoms with Crippen molar-refractivity contribution >= 4 is 0 Å². The largest absolute Gasteiger partial charge is 0.271 e. The Hall–Kier alpha value is -0.940. The molecule has 5 nitrogen and oxygen atoms in total. The predicted molar refractivity (Wildman–Crippen MR) is 69.2 cm³/mol. The minimum atomic E-state index is 0.233. The van der Waals surface area contributed by atoms with E-state index in [1.165, 1.54) is 0 Å². The second-order valence-electron chi connectivity index (χ2n) is 5.30. The smallest absolute Gasteiger partial charge is 0.138 e. The molecule has 0 saturated heterocycles. The summed E-state index contributed by atoms with van der Waals surface area (Å²) in [5.41, 5.74) is 2.91. The molecule has 0 saturated carbocycles. The first-order valence-electron chi connectivity index (χ1n) is 6.31. The minimum absolute atomic E-state index is 0.233. The van der Waals surface area contributed by atoms with Crippen molar-refractivity contribution in [1.82, 2.24) is 20.2 Å². The van der Waals surface area contributed by atoms with Gasteiger partial charge in [-0.05, 0) is 25.7 Å². The van der Waals surface area contributed by atoms with Crippen LogP contribution in [-0.2, 0) is 6.42 Å². The minimum Gasteiger partial charge on any atom is -0.271 e. The quantitative estimate of drug-likeness (QED) is 0.583. The summed E-state index contributed by atoms with van der Waals surface area (Å²) in [6, 6.07) is 0.567. The molecule has 3 N–H and O–H groups in total. The van der Waals surface area contributed by atoms with Crippen LogP contribution < -0.4 is 11.3 Å². The molecule has 0 aromatic carbocycles. The van der Waals surface area contributed by atoms with Gasteiger partial charge in [0.25, 0.3) is 0 Å². The highest BCUT2D eigenvalue weighted by atomic mass is 15.3. The summed E-state index contributed by atoms with van der Waals surface area (Å²) in [5, 5.41) is 4.24. The van der Waals surface area contributed by atoms with Gasteiger partial charge >= 0.3 is 0 Å². The number of nitrogens with zero attached hydrogens (tertiary/aromatic N) is 3. The van der Waals surface area contributed by atoms with E-state index in [2.05, 4.69) is 50.1 Å². The average Bonchev–Trinajstić information content (AvgIpc) is 2.72. The molecule has 1 heterocycles. The topological polar surface area (TPSA) is 68.8 Å². The van der Waals surface area contributed by atoms with E-state index >= 15 is 0 Å². The van der Waals surface area contributed by atoms with Gasteiger partial charge < -0.3 is 0 Å². The van der Waals surface area contributed by atoms with Gasteiger partial charge in [-0.3, -0.25) is 11.3 Å². The molecule has 98 valence electrons. The predicted octanol–water partition coefficient (Wildman–Crippen LogP) is 1.53. The number of hydrogen-bond acceptors (Lipinski definition) is 4. The van der Waals surface area contributed by atoms with Gasteiger partial charge in [-0.1, -0.05) is 20.8 Å². The van der Waals surface area contributed by atoms with Crippen LogP contribution in [0.25, 0.3) is 0 Å². The van der Waals surface area contributed by atoms with Crippen LogP contribution >= 0.6 is 0 Å². The monoisotopic (exact) mass is 239 g/mol. The fourth-order valence-electron chi connectivity index (χ4n) is 1.91. The Balaban J connectivity index is 2.77. The van der Waals surface area contributed by atoms with E-state index in [9.17, 15) is 0 Å². The molecule has 0 aliphatic heterocycles. The highest BCUT2D eigenvalue weighted by Gasteiger charge is 2.22. The Morgan fingerprint density at radius 3 is 2.41 bits per heavy atom. The molecule has 0 bridgehead atoms. The number of hydrogen-bond donors (Lipinski definition) is 2. The fourth-order valence-corrected chi connectivity index (χ4v) is 1.91. The lowest BCUT2D eigenvalue weighted by molar-refractivity contribution is 0.291. The van der Waals surface area contributed by atoms with Gasteiger partial charge in [-0.25, -0.2) is 9.67 Å². The summed E-state index contributed by atoms with van der Waals surface area (Å²) < 4.78 is 1.96. The highest BCUT2D eigenvalue weighted by Crippen LogP contribution is 2.18. The molecule has 0 radical (unpaired) electrons. The molecule has 0 fully saturated rings. The number of aromatic nitrogens is 3. The molecule has 17 heavy (non-hydrogen) atoms. The molecule has 0 spiro atoms. The molecule has 0 aliphatic rings. The zero-order valence-electron chi connectivity index (χ0n) is 11.5. The van der Waals surface area contributed by atoms with E-state index in [1.54, 1.807) is 6.33 Å². The third-order valence-electron chi connectivity index (χ3n) is 3.44. The average molecular weight is 239 g/mol. The van der Waals surface area contributed by atoms with Gasteiger partial charge in [0, 0.05) is 18.5 Å². The highest BCUT2D eigenvalue weighted by molar-refractivity contribution is 4.92. The van der Waals surface area contributed by atoms with Gasteiger partial charge in [-0.15, -0.1) is 0 Å². The Bertz CT molecular complexity index is 331. The van der Waals surface area contributed by atoms with Crippen LogP contribution in [0.5, 0.6) is 0 Å². The van der Waals surface area contributed by atoms with Crippen LogP contribution in [0, 0.1) is 11.8 Å². The fraction of sp³-hybridized carbons (Fsp3) is 0.833. The van der Waals surface area contributed by atoms with E-state index < -0.39 is 0 Å². The SMILES string of the molecule is CC(C)C(C)C(Cc1ncnn1C(C)C)NN. The van der Waals surface area contributed by atoms with Gasteiger partial charge in [0.15, 0.2) is 0 Å². The Kier molecular flexibility index (Phi) is 5.08. The molecular weight excluding hydrogens is 214 g/mol. The van der Waals surface area contributed by atoms with Gasteiger partial charge in [0.1, 0.15) is 12.2 Å². The zero-order valence-corrected chi connectivity index (χ0v) is 11.5. The Morgan fingerprint density at radius 1 is 1.29 bits per heavy atom. The molecule has 1 rings (SSSR count). The van der Waals surface area contributed by atoms with Crippen LogP contribution in [0.3, 0.4) is 0 Å². The second kappa shape index (κ2) is 6.12. The van der Waals surface area contributed by atoms with Crippen molar-refractivity contribution in [2.24, 2.45) is 17.7 Å². The van der Waals surface area contributed by atoms with Gasteiger partial charge in [0.05, 0.1) is 0 Å². The van der Waals surface area contributed by atoms with Crippen LogP contribution in [0.4, 0.5) is 0 Å². The van der Waals surface area contributed by atoms with Crippen LogP contribution in [-0.4, -0.2) is 20.8 Å². The molecular formula is C12H25N5. The molecule has 2 atom stereocenters. The maximum Gasteiger partial charge on any atom is 0.138 e. The number of nitrogens with one attached hydrogen (secondary N) is 1. The summed E-state index contributed by atoms with van der Waals surface area (Å²) in [6.07, 6.45) is 2.43. The van der Waals surface area contributed by atoms with Crippen LogP contribution in [0.15, 0.2) is 6.33 Å². The van der Waals surface area contributed by atoms with Gasteiger partial charge in [-0.2, -0.15) is 5.10 Å². The normalized spacial score (nSPS) is 15.5. The summed E-state index contributed by atoms with van der Waals surface area (Å²) in [5.74, 6) is 7.73. The maximum atomic E-state index is 5.65. The third-order valence-corrected chi connectivity index (χ3v) is 3.44. The van der Waals surface area contributed by atoms with Crippen molar-refractivity contribution in [1.29, 1.82) is 0 Å².